The fourth-order valence-electron chi connectivity index (χ4n) is 4.11. The minimum Gasteiger partial charge on any atom is -0.372 e. The Morgan fingerprint density at radius 3 is 2.31 bits per heavy atom. The highest BCUT2D eigenvalue weighted by molar-refractivity contribution is 6.16. The molecule has 1 fully saturated rings. The van der Waals surface area contributed by atoms with E-state index in [4.69, 9.17) is 5.73 Å². The van der Waals surface area contributed by atoms with Crippen molar-refractivity contribution in [2.45, 2.75) is 32.2 Å². The molecule has 2 aromatic carbocycles. The first-order valence-corrected chi connectivity index (χ1v) is 9.19. The molecule has 0 bridgehead atoms. The maximum atomic E-state index is 13.0. The topological polar surface area (TPSA) is 66.6 Å². The summed E-state index contributed by atoms with van der Waals surface area (Å²) in [5, 5.41) is 0. The Kier molecular flexibility index (Phi) is 4.15. The monoisotopic (exact) mass is 349 g/mol. The quantitative estimate of drug-likeness (QED) is 0.922. The number of primary amides is 1. The summed E-state index contributed by atoms with van der Waals surface area (Å²) in [5.74, 6) is -0.725. The van der Waals surface area contributed by atoms with Gasteiger partial charge in [-0.1, -0.05) is 12.1 Å². The van der Waals surface area contributed by atoms with Crippen LogP contribution in [0.25, 0.3) is 0 Å². The van der Waals surface area contributed by atoms with Crippen LogP contribution < -0.4 is 15.5 Å². The average molecular weight is 349 g/mol. The maximum absolute atomic E-state index is 13.0. The molecule has 0 radical (unpaired) electrons. The zero-order valence-corrected chi connectivity index (χ0v) is 14.9. The number of nitrogens with two attached hydrogens (primary N) is 1. The number of amides is 2. The number of hydrogen-bond acceptors (Lipinski definition) is 3. The van der Waals surface area contributed by atoms with E-state index in [1.165, 1.54) is 24.9 Å². The highest BCUT2D eigenvalue weighted by Gasteiger charge is 2.37. The van der Waals surface area contributed by atoms with Gasteiger partial charge < -0.3 is 15.5 Å². The van der Waals surface area contributed by atoms with Crippen LogP contribution in [0.5, 0.6) is 0 Å². The van der Waals surface area contributed by atoms with E-state index in [0.29, 0.717) is 11.1 Å². The lowest BCUT2D eigenvalue weighted by molar-refractivity contribution is 0.0965. The van der Waals surface area contributed by atoms with Crippen LogP contribution >= 0.6 is 0 Å². The van der Waals surface area contributed by atoms with Gasteiger partial charge in [0.15, 0.2) is 0 Å². The summed E-state index contributed by atoms with van der Waals surface area (Å²) >= 11 is 0. The van der Waals surface area contributed by atoms with Gasteiger partial charge in [0.1, 0.15) is 0 Å². The van der Waals surface area contributed by atoms with E-state index in [1.807, 2.05) is 25.1 Å². The minimum absolute atomic E-state index is 0.127. The van der Waals surface area contributed by atoms with E-state index in [1.54, 1.807) is 17.0 Å². The molecule has 1 atom stereocenters. The number of fused-ring (bicyclic) bond motifs is 1. The zero-order valence-electron chi connectivity index (χ0n) is 14.9. The molecule has 5 nitrogen and oxygen atoms in total. The van der Waals surface area contributed by atoms with Gasteiger partial charge in [-0.05, 0) is 62.1 Å². The number of benzene rings is 2. The van der Waals surface area contributed by atoms with Crippen molar-refractivity contribution < 1.29 is 9.59 Å². The number of piperidine rings is 1. The van der Waals surface area contributed by atoms with E-state index >= 15 is 0 Å². The Balaban J connectivity index is 1.65. The summed E-state index contributed by atoms with van der Waals surface area (Å²) in [6, 6.07) is 13.3. The van der Waals surface area contributed by atoms with Crippen molar-refractivity contribution in [1.82, 2.24) is 0 Å². The Bertz CT molecular complexity index is 854. The molecule has 4 rings (SSSR count). The Hall–Kier alpha value is -2.82. The van der Waals surface area contributed by atoms with E-state index in [-0.39, 0.29) is 11.9 Å². The van der Waals surface area contributed by atoms with Crippen LogP contribution in [0.2, 0.25) is 0 Å². The number of anilines is 2. The van der Waals surface area contributed by atoms with Gasteiger partial charge in [0, 0.05) is 24.5 Å². The van der Waals surface area contributed by atoms with Crippen LogP contribution in [0.15, 0.2) is 42.5 Å². The van der Waals surface area contributed by atoms with Crippen molar-refractivity contribution in [3.05, 3.63) is 59.2 Å². The molecule has 134 valence electrons. The lowest BCUT2D eigenvalue weighted by Gasteiger charge is -2.29. The highest BCUT2D eigenvalue weighted by Crippen LogP contribution is 2.39. The fraction of sp³-hybridized carbons (Fsp3) is 0.333. The first kappa shape index (κ1) is 16.6. The number of nitrogens with zero attached hydrogens (tertiary/aromatic N) is 2. The molecule has 26 heavy (non-hydrogen) atoms. The Morgan fingerprint density at radius 1 is 1.00 bits per heavy atom. The second-order valence-corrected chi connectivity index (χ2v) is 7.05. The van der Waals surface area contributed by atoms with E-state index < -0.39 is 5.91 Å². The lowest BCUT2D eigenvalue weighted by atomic mass is 10.00. The summed E-state index contributed by atoms with van der Waals surface area (Å²) in [4.78, 5) is 28.9. The summed E-state index contributed by atoms with van der Waals surface area (Å²) in [6.07, 6.45) is 3.76. The van der Waals surface area contributed by atoms with Gasteiger partial charge in [0.25, 0.3) is 5.91 Å². The fourth-order valence-corrected chi connectivity index (χ4v) is 4.11. The third kappa shape index (κ3) is 2.64. The average Bonchev–Trinajstić information content (AvgIpc) is 2.93. The minimum atomic E-state index is -0.565. The van der Waals surface area contributed by atoms with Crippen molar-refractivity contribution in [3.8, 4) is 0 Å². The molecule has 0 aliphatic carbocycles. The van der Waals surface area contributed by atoms with Crippen LogP contribution in [0.1, 0.15) is 58.5 Å². The number of carbonyl (C=O) groups is 2. The maximum Gasteiger partial charge on any atom is 0.260 e. The summed E-state index contributed by atoms with van der Waals surface area (Å²) in [6.45, 7) is 4.16. The van der Waals surface area contributed by atoms with E-state index in [0.717, 1.165) is 24.3 Å². The van der Waals surface area contributed by atoms with Crippen molar-refractivity contribution in [2.75, 3.05) is 22.9 Å². The predicted molar refractivity (Wildman–Crippen MR) is 103 cm³/mol. The molecule has 0 spiro atoms. The van der Waals surface area contributed by atoms with Crippen LogP contribution in [-0.4, -0.2) is 24.9 Å². The summed E-state index contributed by atoms with van der Waals surface area (Å²) in [5.41, 5.74) is 9.09. The first-order chi connectivity index (χ1) is 12.6. The van der Waals surface area contributed by atoms with Crippen molar-refractivity contribution >= 4 is 23.2 Å². The number of carbonyl (C=O) groups excluding carboxylic acids is 2. The van der Waals surface area contributed by atoms with Gasteiger partial charge in [0.2, 0.25) is 5.91 Å². The van der Waals surface area contributed by atoms with Gasteiger partial charge in [-0.25, -0.2) is 0 Å². The van der Waals surface area contributed by atoms with Gasteiger partial charge in [-0.3, -0.25) is 9.59 Å². The first-order valence-electron chi connectivity index (χ1n) is 9.19. The standard InChI is InChI=1S/C21H23N3O2/c1-14-17-6-5-7-18(20(22)25)19(17)21(26)24(14)16-10-8-15(9-11-16)23-12-3-2-4-13-23/h5-11,14H,2-4,12-13H2,1H3,(H2,22,25). The molecule has 1 unspecified atom stereocenters. The van der Waals surface area contributed by atoms with Crippen LogP contribution in [-0.2, 0) is 0 Å². The summed E-state index contributed by atoms with van der Waals surface area (Å²) < 4.78 is 0. The normalized spacial score (nSPS) is 19.6. The molecule has 0 saturated carbocycles. The Labute approximate surface area is 153 Å². The summed E-state index contributed by atoms with van der Waals surface area (Å²) in [7, 11) is 0. The van der Waals surface area contributed by atoms with Crippen LogP contribution in [0.3, 0.4) is 0 Å². The molecule has 2 aromatic rings. The Morgan fingerprint density at radius 2 is 1.65 bits per heavy atom. The van der Waals surface area contributed by atoms with Gasteiger partial charge in [0.05, 0.1) is 17.2 Å². The zero-order chi connectivity index (χ0) is 18.3. The van der Waals surface area contributed by atoms with Gasteiger partial charge >= 0.3 is 0 Å². The second kappa shape index (κ2) is 6.48. The third-order valence-corrected chi connectivity index (χ3v) is 5.48. The molecule has 2 aliphatic heterocycles. The smallest absolute Gasteiger partial charge is 0.260 e. The molecule has 5 heteroatoms. The molecule has 2 N–H and O–H groups in total. The van der Waals surface area contributed by atoms with E-state index in [2.05, 4.69) is 17.0 Å². The molecule has 2 amide bonds. The number of rotatable bonds is 3. The van der Waals surface area contributed by atoms with Crippen LogP contribution in [0, 0.1) is 0 Å². The van der Waals surface area contributed by atoms with Gasteiger partial charge in [-0.15, -0.1) is 0 Å². The highest BCUT2D eigenvalue weighted by atomic mass is 16.2. The molecule has 2 heterocycles. The molecular weight excluding hydrogens is 326 g/mol. The van der Waals surface area contributed by atoms with Crippen molar-refractivity contribution in [3.63, 3.8) is 0 Å². The van der Waals surface area contributed by atoms with Crippen molar-refractivity contribution in [2.24, 2.45) is 5.73 Å². The molecule has 1 saturated heterocycles. The predicted octanol–water partition coefficient (Wildman–Crippen LogP) is 3.50. The number of hydrogen-bond donors (Lipinski definition) is 1. The molecule has 0 aromatic heterocycles. The SMILES string of the molecule is CC1c2cccc(C(N)=O)c2C(=O)N1c1ccc(N2CCCCC2)cc1. The molecular formula is C21H23N3O2. The van der Waals surface area contributed by atoms with Crippen molar-refractivity contribution in [1.29, 1.82) is 0 Å². The molecule has 2 aliphatic rings. The largest absolute Gasteiger partial charge is 0.372 e. The van der Waals surface area contributed by atoms with Crippen LogP contribution in [0.4, 0.5) is 11.4 Å². The van der Waals surface area contributed by atoms with E-state index in [9.17, 15) is 9.59 Å². The lowest BCUT2D eigenvalue weighted by Crippen LogP contribution is -2.30. The second-order valence-electron chi connectivity index (χ2n) is 7.05. The third-order valence-electron chi connectivity index (χ3n) is 5.48. The van der Waals surface area contributed by atoms with Gasteiger partial charge in [-0.2, -0.15) is 0 Å².